The van der Waals surface area contributed by atoms with Crippen molar-refractivity contribution in [2.45, 2.75) is 84.4 Å². The van der Waals surface area contributed by atoms with Crippen molar-refractivity contribution >= 4 is 6.09 Å². The minimum absolute atomic E-state index is 0.171. The Morgan fingerprint density at radius 2 is 1.95 bits per heavy atom. The molecule has 0 bridgehead atoms. The van der Waals surface area contributed by atoms with Crippen LogP contribution >= 0.6 is 0 Å². The number of ether oxygens (including phenoxy) is 1. The highest BCUT2D eigenvalue weighted by Gasteiger charge is 2.26. The average molecular weight is 284 g/mol. The maximum absolute atomic E-state index is 12.2. The van der Waals surface area contributed by atoms with E-state index in [1.165, 1.54) is 6.42 Å². The van der Waals surface area contributed by atoms with Crippen molar-refractivity contribution in [1.29, 1.82) is 0 Å². The number of likely N-dealkylation sites (tertiary alicyclic amines) is 1. The number of hydrogen-bond acceptors (Lipinski definition) is 3. The molecular formula is C16H32N2O2. The summed E-state index contributed by atoms with van der Waals surface area (Å²) in [6, 6.07) is 0.952. The van der Waals surface area contributed by atoms with Gasteiger partial charge in [0.1, 0.15) is 5.60 Å². The Kier molecular flexibility index (Phi) is 6.80. The third kappa shape index (κ3) is 6.12. The quantitative estimate of drug-likeness (QED) is 0.858. The third-order valence-corrected chi connectivity index (χ3v) is 3.78. The van der Waals surface area contributed by atoms with E-state index in [9.17, 15) is 4.79 Å². The first-order valence-corrected chi connectivity index (χ1v) is 8.09. The molecule has 0 aromatic heterocycles. The molecule has 0 saturated carbocycles. The molecular weight excluding hydrogens is 252 g/mol. The SMILES string of the molecule is CCC(CC)NC1CCCCN(C(=O)OC(C)(C)C)C1. The van der Waals surface area contributed by atoms with Crippen LogP contribution < -0.4 is 5.32 Å². The lowest BCUT2D eigenvalue weighted by Crippen LogP contribution is -2.47. The largest absolute Gasteiger partial charge is 0.444 e. The molecule has 1 N–H and O–H groups in total. The van der Waals surface area contributed by atoms with E-state index < -0.39 is 5.60 Å². The Balaban J connectivity index is 2.57. The lowest BCUT2D eigenvalue weighted by Gasteiger charge is -2.30. The van der Waals surface area contributed by atoms with Crippen molar-refractivity contribution in [2.24, 2.45) is 0 Å². The van der Waals surface area contributed by atoms with Crippen LogP contribution in [0.3, 0.4) is 0 Å². The van der Waals surface area contributed by atoms with Gasteiger partial charge in [0.2, 0.25) is 0 Å². The topological polar surface area (TPSA) is 41.6 Å². The highest BCUT2D eigenvalue weighted by atomic mass is 16.6. The highest BCUT2D eigenvalue weighted by molar-refractivity contribution is 5.68. The molecule has 0 aromatic carbocycles. The fourth-order valence-electron chi connectivity index (χ4n) is 2.63. The minimum Gasteiger partial charge on any atom is -0.444 e. The van der Waals surface area contributed by atoms with Crippen molar-refractivity contribution < 1.29 is 9.53 Å². The summed E-state index contributed by atoms with van der Waals surface area (Å²) >= 11 is 0. The van der Waals surface area contributed by atoms with E-state index in [-0.39, 0.29) is 6.09 Å². The van der Waals surface area contributed by atoms with Gasteiger partial charge in [-0.15, -0.1) is 0 Å². The van der Waals surface area contributed by atoms with Gasteiger partial charge in [0.05, 0.1) is 0 Å². The first kappa shape index (κ1) is 17.3. The van der Waals surface area contributed by atoms with E-state index in [1.54, 1.807) is 0 Å². The third-order valence-electron chi connectivity index (χ3n) is 3.78. The summed E-state index contributed by atoms with van der Waals surface area (Å²) in [5.74, 6) is 0. The molecule has 0 aromatic rings. The molecule has 1 rings (SSSR count). The van der Waals surface area contributed by atoms with Crippen molar-refractivity contribution in [1.82, 2.24) is 10.2 Å². The summed E-state index contributed by atoms with van der Waals surface area (Å²) in [6.07, 6.45) is 5.50. The van der Waals surface area contributed by atoms with Crippen molar-refractivity contribution in [3.8, 4) is 0 Å². The van der Waals surface area contributed by atoms with Gasteiger partial charge in [-0.25, -0.2) is 4.79 Å². The van der Waals surface area contributed by atoms with Gasteiger partial charge in [-0.3, -0.25) is 0 Å². The average Bonchev–Trinajstić information content (AvgIpc) is 2.59. The molecule has 1 saturated heterocycles. The first-order chi connectivity index (χ1) is 9.35. The first-order valence-electron chi connectivity index (χ1n) is 8.09. The van der Waals surface area contributed by atoms with Crippen LogP contribution in [0.4, 0.5) is 4.79 Å². The van der Waals surface area contributed by atoms with E-state index in [4.69, 9.17) is 4.74 Å². The molecule has 1 aliphatic rings. The Morgan fingerprint density at radius 1 is 1.30 bits per heavy atom. The van der Waals surface area contributed by atoms with E-state index in [2.05, 4.69) is 19.2 Å². The van der Waals surface area contributed by atoms with Gasteiger partial charge < -0.3 is 15.0 Å². The summed E-state index contributed by atoms with van der Waals surface area (Å²) in [5, 5.41) is 3.69. The number of carbonyl (C=O) groups is 1. The molecule has 0 spiro atoms. The van der Waals surface area contributed by atoms with E-state index in [0.29, 0.717) is 12.1 Å². The molecule has 0 aliphatic carbocycles. The normalized spacial score (nSPS) is 20.9. The van der Waals surface area contributed by atoms with Crippen LogP contribution in [0.1, 0.15) is 66.7 Å². The molecule has 1 heterocycles. The molecule has 0 radical (unpaired) electrons. The molecule has 1 unspecified atom stereocenters. The molecule has 1 atom stereocenters. The van der Waals surface area contributed by atoms with Gasteiger partial charge in [-0.2, -0.15) is 0 Å². The Bertz CT molecular complexity index is 295. The van der Waals surface area contributed by atoms with Crippen molar-refractivity contribution in [3.63, 3.8) is 0 Å². The standard InChI is InChI=1S/C16H32N2O2/c1-6-13(7-2)17-14-10-8-9-11-18(12-14)15(19)20-16(3,4)5/h13-14,17H,6-12H2,1-5H3. The summed E-state index contributed by atoms with van der Waals surface area (Å²) in [5.41, 5.74) is -0.415. The zero-order chi connectivity index (χ0) is 15.2. The summed E-state index contributed by atoms with van der Waals surface area (Å²) in [7, 11) is 0. The van der Waals surface area contributed by atoms with Crippen LogP contribution in [-0.2, 0) is 4.74 Å². The lowest BCUT2D eigenvalue weighted by molar-refractivity contribution is 0.0241. The van der Waals surface area contributed by atoms with Gasteiger partial charge in [0.15, 0.2) is 0 Å². The van der Waals surface area contributed by atoms with Gasteiger partial charge >= 0.3 is 6.09 Å². The van der Waals surface area contributed by atoms with Gasteiger partial charge in [0.25, 0.3) is 0 Å². The van der Waals surface area contributed by atoms with E-state index in [0.717, 1.165) is 38.8 Å². The van der Waals surface area contributed by atoms with Crippen LogP contribution in [0, 0.1) is 0 Å². The van der Waals surface area contributed by atoms with Crippen LogP contribution in [-0.4, -0.2) is 41.8 Å². The zero-order valence-corrected chi connectivity index (χ0v) is 13.9. The van der Waals surface area contributed by atoms with Gasteiger partial charge in [-0.1, -0.05) is 20.3 Å². The Labute approximate surface area is 124 Å². The van der Waals surface area contributed by atoms with Crippen molar-refractivity contribution in [3.05, 3.63) is 0 Å². The molecule has 20 heavy (non-hydrogen) atoms. The number of nitrogens with one attached hydrogen (secondary N) is 1. The lowest BCUT2D eigenvalue weighted by atomic mass is 10.1. The molecule has 1 amide bonds. The molecule has 1 aliphatic heterocycles. The van der Waals surface area contributed by atoms with Crippen LogP contribution in [0.15, 0.2) is 0 Å². The smallest absolute Gasteiger partial charge is 0.410 e. The van der Waals surface area contributed by atoms with Gasteiger partial charge in [0, 0.05) is 25.2 Å². The number of nitrogens with zero attached hydrogens (tertiary/aromatic N) is 1. The Hall–Kier alpha value is -0.770. The molecule has 118 valence electrons. The molecule has 4 nitrogen and oxygen atoms in total. The maximum atomic E-state index is 12.2. The summed E-state index contributed by atoms with van der Waals surface area (Å²) in [6.45, 7) is 11.8. The summed E-state index contributed by atoms with van der Waals surface area (Å²) in [4.78, 5) is 14.1. The second-order valence-electron chi connectivity index (χ2n) is 6.80. The number of rotatable bonds is 4. The maximum Gasteiger partial charge on any atom is 0.410 e. The van der Waals surface area contributed by atoms with Crippen LogP contribution in [0.25, 0.3) is 0 Å². The number of hydrogen-bond donors (Lipinski definition) is 1. The number of carbonyl (C=O) groups excluding carboxylic acids is 1. The highest BCUT2D eigenvalue weighted by Crippen LogP contribution is 2.16. The zero-order valence-electron chi connectivity index (χ0n) is 13.9. The van der Waals surface area contributed by atoms with Crippen LogP contribution in [0.5, 0.6) is 0 Å². The second-order valence-corrected chi connectivity index (χ2v) is 6.80. The fourth-order valence-corrected chi connectivity index (χ4v) is 2.63. The monoisotopic (exact) mass is 284 g/mol. The Morgan fingerprint density at radius 3 is 2.50 bits per heavy atom. The summed E-state index contributed by atoms with van der Waals surface area (Å²) < 4.78 is 5.50. The second kappa shape index (κ2) is 7.87. The minimum atomic E-state index is -0.415. The predicted octanol–water partition coefficient (Wildman–Crippen LogP) is 3.55. The molecule has 1 fully saturated rings. The van der Waals surface area contributed by atoms with Crippen LogP contribution in [0.2, 0.25) is 0 Å². The predicted molar refractivity (Wildman–Crippen MR) is 83.0 cm³/mol. The molecule has 4 heteroatoms. The van der Waals surface area contributed by atoms with E-state index >= 15 is 0 Å². The van der Waals surface area contributed by atoms with Crippen molar-refractivity contribution in [2.75, 3.05) is 13.1 Å². The van der Waals surface area contributed by atoms with Gasteiger partial charge in [-0.05, 0) is 46.5 Å². The fraction of sp³-hybridized carbons (Fsp3) is 0.938. The number of amides is 1. The van der Waals surface area contributed by atoms with E-state index in [1.807, 2.05) is 25.7 Å².